The van der Waals surface area contributed by atoms with Crippen molar-refractivity contribution in [2.75, 3.05) is 0 Å². The number of unbranched alkanes of at least 4 members (excludes halogenated alkanes) is 2. The second-order valence-corrected chi connectivity index (χ2v) is 6.81. The first-order chi connectivity index (χ1) is 9.00. The first-order valence-corrected chi connectivity index (χ1v) is 8.02. The highest BCUT2D eigenvalue weighted by atomic mass is 32.2. The molecule has 3 nitrogen and oxygen atoms in total. The first kappa shape index (κ1) is 14.1. The van der Waals surface area contributed by atoms with E-state index in [0.29, 0.717) is 4.90 Å². The Hall–Kier alpha value is -1.31. The number of benzene rings is 1. The maximum Gasteiger partial charge on any atom is 0.209 e. The lowest BCUT2D eigenvalue weighted by Crippen LogP contribution is -2.17. The number of hydrogen-bond donors (Lipinski definition) is 0. The van der Waals surface area contributed by atoms with Crippen molar-refractivity contribution in [3.8, 4) is 11.8 Å². The van der Waals surface area contributed by atoms with Crippen LogP contribution in [-0.4, -0.2) is 19.5 Å². The molecule has 0 N–H and O–H groups in total. The van der Waals surface area contributed by atoms with Crippen LogP contribution >= 0.6 is 0 Å². The van der Waals surface area contributed by atoms with Crippen molar-refractivity contribution in [1.82, 2.24) is 0 Å². The quantitative estimate of drug-likeness (QED) is 0.483. The molecule has 0 spiro atoms. The van der Waals surface area contributed by atoms with Crippen LogP contribution in [0.5, 0.6) is 0 Å². The van der Waals surface area contributed by atoms with Crippen molar-refractivity contribution in [3.63, 3.8) is 0 Å². The van der Waals surface area contributed by atoms with Gasteiger partial charge in [0.25, 0.3) is 0 Å². The van der Waals surface area contributed by atoms with Gasteiger partial charge in [-0.2, -0.15) is 0 Å². The molecule has 1 aromatic carbocycles. The van der Waals surface area contributed by atoms with Crippen LogP contribution in [0.1, 0.15) is 33.1 Å². The highest BCUT2D eigenvalue weighted by Crippen LogP contribution is 2.42. The molecule has 0 amide bonds. The van der Waals surface area contributed by atoms with Crippen LogP contribution in [0.25, 0.3) is 0 Å². The molecule has 0 radical (unpaired) electrons. The molecule has 2 rings (SSSR count). The van der Waals surface area contributed by atoms with E-state index in [2.05, 4.69) is 18.8 Å². The van der Waals surface area contributed by atoms with E-state index in [1.165, 1.54) is 0 Å². The number of epoxide rings is 1. The summed E-state index contributed by atoms with van der Waals surface area (Å²) in [4.78, 5) is 0.291. The minimum Gasteiger partial charge on any atom is -0.335 e. The van der Waals surface area contributed by atoms with Crippen LogP contribution in [0.4, 0.5) is 0 Å². The summed E-state index contributed by atoms with van der Waals surface area (Å²) in [5.41, 5.74) is -1.68. The third kappa shape index (κ3) is 2.99. The molecule has 1 saturated heterocycles. The lowest BCUT2D eigenvalue weighted by atomic mass is 10.2. The molecule has 4 heteroatoms. The van der Waals surface area contributed by atoms with Crippen LogP contribution in [0.3, 0.4) is 0 Å². The zero-order valence-electron chi connectivity index (χ0n) is 11.2. The Balaban J connectivity index is 2.11. The first-order valence-electron chi connectivity index (χ1n) is 6.47. The third-order valence-corrected chi connectivity index (χ3v) is 5.13. The number of hydrogen-bond acceptors (Lipinski definition) is 3. The van der Waals surface area contributed by atoms with Crippen LogP contribution in [0.2, 0.25) is 0 Å². The van der Waals surface area contributed by atoms with Gasteiger partial charge in [0, 0.05) is 6.42 Å². The fraction of sp³-hybridized carbons (Fsp3) is 0.467. The minimum absolute atomic E-state index is 0.291. The summed E-state index contributed by atoms with van der Waals surface area (Å²) >= 11 is 0. The zero-order valence-corrected chi connectivity index (χ0v) is 12.0. The topological polar surface area (TPSA) is 46.7 Å². The second-order valence-electron chi connectivity index (χ2n) is 4.82. The lowest BCUT2D eigenvalue weighted by molar-refractivity contribution is 0.367. The van der Waals surface area contributed by atoms with Crippen molar-refractivity contribution < 1.29 is 13.2 Å². The Bertz CT molecular complexity index is 595. The van der Waals surface area contributed by atoms with Crippen molar-refractivity contribution in [2.24, 2.45) is 0 Å². The van der Waals surface area contributed by atoms with E-state index >= 15 is 0 Å². The summed E-state index contributed by atoms with van der Waals surface area (Å²) in [7, 11) is -3.44. The molecule has 19 heavy (non-hydrogen) atoms. The molecule has 1 heterocycles. The van der Waals surface area contributed by atoms with Gasteiger partial charge in [-0.1, -0.05) is 37.5 Å². The molecular weight excluding hydrogens is 260 g/mol. The summed E-state index contributed by atoms with van der Waals surface area (Å²) in [6.45, 7) is 3.83. The van der Waals surface area contributed by atoms with Crippen molar-refractivity contribution in [2.45, 2.75) is 49.0 Å². The van der Waals surface area contributed by atoms with E-state index in [-0.39, 0.29) is 0 Å². The molecule has 1 fully saturated rings. The second kappa shape index (κ2) is 5.36. The summed E-state index contributed by atoms with van der Waals surface area (Å²) in [5.74, 6) is 5.95. The van der Waals surface area contributed by atoms with Gasteiger partial charge < -0.3 is 4.74 Å². The molecule has 0 bridgehead atoms. The Morgan fingerprint density at radius 1 is 1.32 bits per heavy atom. The summed E-state index contributed by atoms with van der Waals surface area (Å²) in [6.07, 6.45) is 2.89. The van der Waals surface area contributed by atoms with E-state index in [1.807, 2.05) is 0 Å². The average Bonchev–Trinajstić information content (AvgIpc) is 3.09. The van der Waals surface area contributed by atoms with E-state index < -0.39 is 20.9 Å². The molecule has 102 valence electrons. The molecule has 0 saturated carbocycles. The molecule has 0 aromatic heterocycles. The van der Waals surface area contributed by atoms with Gasteiger partial charge in [-0.05, 0) is 25.5 Å². The molecule has 2 atom stereocenters. The van der Waals surface area contributed by atoms with Gasteiger partial charge in [0.05, 0.1) is 4.90 Å². The zero-order chi connectivity index (χ0) is 13.9. The normalized spacial score (nSPS) is 25.5. The highest BCUT2D eigenvalue weighted by Gasteiger charge is 2.60. The predicted octanol–water partition coefficient (Wildman–Crippen LogP) is 2.77. The van der Waals surface area contributed by atoms with E-state index in [1.54, 1.807) is 37.3 Å². The van der Waals surface area contributed by atoms with Gasteiger partial charge in [-0.3, -0.25) is 0 Å². The molecule has 0 unspecified atom stereocenters. The van der Waals surface area contributed by atoms with Crippen LogP contribution in [0, 0.1) is 11.8 Å². The van der Waals surface area contributed by atoms with Gasteiger partial charge in [0.15, 0.2) is 5.60 Å². The van der Waals surface area contributed by atoms with Crippen LogP contribution < -0.4 is 0 Å². The Morgan fingerprint density at radius 2 is 2.00 bits per heavy atom. The van der Waals surface area contributed by atoms with E-state index in [4.69, 9.17) is 4.74 Å². The summed E-state index contributed by atoms with van der Waals surface area (Å²) in [6, 6.07) is 8.37. The fourth-order valence-electron chi connectivity index (χ4n) is 1.87. The van der Waals surface area contributed by atoms with Crippen molar-refractivity contribution >= 4 is 9.84 Å². The average molecular weight is 278 g/mol. The lowest BCUT2D eigenvalue weighted by Gasteiger charge is -2.01. The number of ether oxygens (including phenoxy) is 1. The van der Waals surface area contributed by atoms with Gasteiger partial charge in [0.1, 0.15) is 0 Å². The standard InChI is InChI=1S/C15H18O3S/c1-3-4-5-9-12-15(2)14(18-15)19(16,17)13-10-7-6-8-11-13/h6-8,10-11,14H,3-5H2,1-2H3/t14-,15+/m0/s1. The number of sulfone groups is 1. The molecular formula is C15H18O3S. The van der Waals surface area contributed by atoms with Crippen LogP contribution in [-0.2, 0) is 14.6 Å². The Labute approximate surface area is 114 Å². The highest BCUT2D eigenvalue weighted by molar-refractivity contribution is 7.92. The maximum atomic E-state index is 12.3. The van der Waals surface area contributed by atoms with Crippen LogP contribution in [0.15, 0.2) is 35.2 Å². The SMILES string of the molecule is CCCCC#C[C@@]1(C)O[C@H]1S(=O)(=O)c1ccccc1. The Morgan fingerprint density at radius 3 is 2.63 bits per heavy atom. The molecule has 1 aliphatic rings. The number of rotatable bonds is 4. The summed E-state index contributed by atoms with van der Waals surface area (Å²) < 4.78 is 30.0. The smallest absolute Gasteiger partial charge is 0.209 e. The monoisotopic (exact) mass is 278 g/mol. The van der Waals surface area contributed by atoms with E-state index in [9.17, 15) is 8.42 Å². The predicted molar refractivity (Wildman–Crippen MR) is 74.2 cm³/mol. The Kier molecular flexibility index (Phi) is 3.98. The van der Waals surface area contributed by atoms with E-state index in [0.717, 1.165) is 19.3 Å². The maximum absolute atomic E-state index is 12.3. The van der Waals surface area contributed by atoms with Gasteiger partial charge in [-0.15, -0.1) is 5.92 Å². The van der Waals surface area contributed by atoms with Gasteiger partial charge in [-0.25, -0.2) is 8.42 Å². The largest absolute Gasteiger partial charge is 0.335 e. The summed E-state index contributed by atoms with van der Waals surface area (Å²) in [5, 5.41) is 0. The fourth-order valence-corrected chi connectivity index (χ4v) is 3.63. The third-order valence-electron chi connectivity index (χ3n) is 3.09. The minimum atomic E-state index is -3.44. The molecule has 1 aliphatic heterocycles. The van der Waals surface area contributed by atoms with Gasteiger partial charge in [0.2, 0.25) is 15.3 Å². The molecule has 0 aliphatic carbocycles. The van der Waals surface area contributed by atoms with Crippen molar-refractivity contribution in [3.05, 3.63) is 30.3 Å². The molecule has 1 aromatic rings. The van der Waals surface area contributed by atoms with Crippen molar-refractivity contribution in [1.29, 1.82) is 0 Å². The van der Waals surface area contributed by atoms with Gasteiger partial charge >= 0.3 is 0 Å².